The molecule has 2 amide bonds. The van der Waals surface area contributed by atoms with Gasteiger partial charge in [-0.05, 0) is 37.1 Å². The van der Waals surface area contributed by atoms with Crippen LogP contribution in [0.5, 0.6) is 5.75 Å². The Kier molecular flexibility index (Phi) is 7.84. The summed E-state index contributed by atoms with van der Waals surface area (Å²) in [4.78, 5) is 11.4. The zero-order chi connectivity index (χ0) is 14.8. The molecule has 6 heteroatoms. The number of halogens is 1. The van der Waals surface area contributed by atoms with E-state index >= 15 is 0 Å². The predicted molar refractivity (Wildman–Crippen MR) is 79.6 cm³/mol. The summed E-state index contributed by atoms with van der Waals surface area (Å²) < 4.78 is 10.4. The van der Waals surface area contributed by atoms with Gasteiger partial charge < -0.3 is 20.1 Å². The van der Waals surface area contributed by atoms with Crippen molar-refractivity contribution in [1.82, 2.24) is 10.6 Å². The van der Waals surface area contributed by atoms with Crippen LogP contribution in [0.15, 0.2) is 18.2 Å². The molecule has 0 aromatic heterocycles. The van der Waals surface area contributed by atoms with Crippen LogP contribution in [-0.4, -0.2) is 39.4 Å². The van der Waals surface area contributed by atoms with E-state index in [0.29, 0.717) is 31.3 Å². The zero-order valence-electron chi connectivity index (χ0n) is 11.9. The molecule has 0 radical (unpaired) electrons. The van der Waals surface area contributed by atoms with E-state index in [1.807, 2.05) is 13.0 Å². The fraction of sp³-hybridized carbons (Fsp3) is 0.500. The third-order valence-electron chi connectivity index (χ3n) is 2.60. The van der Waals surface area contributed by atoms with E-state index in [9.17, 15) is 4.79 Å². The van der Waals surface area contributed by atoms with Gasteiger partial charge in [0.2, 0.25) is 0 Å². The zero-order valence-corrected chi connectivity index (χ0v) is 12.6. The number of aryl methyl sites for hydroxylation is 1. The maximum Gasteiger partial charge on any atom is 0.314 e. The number of rotatable bonds is 8. The third kappa shape index (κ3) is 6.63. The molecule has 0 fully saturated rings. The number of amides is 2. The Morgan fingerprint density at radius 1 is 1.25 bits per heavy atom. The Morgan fingerprint density at radius 2 is 2.00 bits per heavy atom. The molecular weight excluding hydrogens is 280 g/mol. The predicted octanol–water partition coefficient (Wildman–Crippen LogP) is 2.36. The van der Waals surface area contributed by atoms with E-state index in [-0.39, 0.29) is 6.03 Å². The van der Waals surface area contributed by atoms with Crippen LogP contribution < -0.4 is 15.4 Å². The summed E-state index contributed by atoms with van der Waals surface area (Å²) in [6.07, 6.45) is 0.796. The molecule has 1 aromatic carbocycles. The molecule has 1 aromatic rings. The molecule has 0 bridgehead atoms. The summed E-state index contributed by atoms with van der Waals surface area (Å²) in [5, 5.41) is 6.16. The van der Waals surface area contributed by atoms with E-state index in [2.05, 4.69) is 10.6 Å². The molecule has 0 saturated carbocycles. The largest absolute Gasteiger partial charge is 0.492 e. The van der Waals surface area contributed by atoms with Gasteiger partial charge in [0.15, 0.2) is 0 Å². The number of carbonyl (C=O) groups excluding carboxylic acids is 1. The average Bonchev–Trinajstić information content (AvgIpc) is 2.43. The summed E-state index contributed by atoms with van der Waals surface area (Å²) in [5.74, 6) is 0.745. The minimum Gasteiger partial charge on any atom is -0.492 e. The number of hydrogen-bond donors (Lipinski definition) is 2. The molecule has 112 valence electrons. The molecule has 0 aliphatic heterocycles. The van der Waals surface area contributed by atoms with Crippen molar-refractivity contribution in [2.24, 2.45) is 0 Å². The second-order valence-corrected chi connectivity index (χ2v) is 4.70. The molecule has 0 aliphatic carbocycles. The highest BCUT2D eigenvalue weighted by Crippen LogP contribution is 2.20. The number of carbonyl (C=O) groups is 1. The van der Waals surface area contributed by atoms with Gasteiger partial charge >= 0.3 is 6.03 Å². The molecular formula is C14H21ClN2O3. The lowest BCUT2D eigenvalue weighted by atomic mass is 10.2. The van der Waals surface area contributed by atoms with Crippen molar-refractivity contribution in [2.45, 2.75) is 13.3 Å². The fourth-order valence-electron chi connectivity index (χ4n) is 1.52. The van der Waals surface area contributed by atoms with Gasteiger partial charge in [-0.3, -0.25) is 0 Å². The Labute approximate surface area is 124 Å². The first-order valence-electron chi connectivity index (χ1n) is 6.53. The molecule has 0 aliphatic rings. The van der Waals surface area contributed by atoms with E-state index < -0.39 is 0 Å². The van der Waals surface area contributed by atoms with Crippen LogP contribution in [0, 0.1) is 6.92 Å². The highest BCUT2D eigenvalue weighted by molar-refractivity contribution is 6.31. The normalized spacial score (nSPS) is 10.2. The standard InChI is InChI=1S/C14H21ClN2O3/c1-11-10-12(4-5-13(11)15)20-9-7-17-14(18)16-6-3-8-19-2/h4-5,10H,3,6-9H2,1-2H3,(H2,16,17,18). The topological polar surface area (TPSA) is 59.6 Å². The summed E-state index contributed by atoms with van der Waals surface area (Å²) in [6, 6.07) is 5.27. The number of nitrogens with one attached hydrogen (secondary N) is 2. The molecule has 0 spiro atoms. The molecule has 1 rings (SSSR count). The number of methoxy groups -OCH3 is 1. The molecule has 0 atom stereocenters. The van der Waals surface area contributed by atoms with Crippen molar-refractivity contribution < 1.29 is 14.3 Å². The van der Waals surface area contributed by atoms with Crippen LogP contribution >= 0.6 is 11.6 Å². The minimum absolute atomic E-state index is 0.197. The van der Waals surface area contributed by atoms with E-state index in [4.69, 9.17) is 21.1 Å². The summed E-state index contributed by atoms with van der Waals surface area (Å²) in [5.41, 5.74) is 0.966. The van der Waals surface area contributed by atoms with Crippen molar-refractivity contribution in [3.8, 4) is 5.75 Å². The maximum atomic E-state index is 11.4. The first-order valence-corrected chi connectivity index (χ1v) is 6.91. The molecule has 0 heterocycles. The van der Waals surface area contributed by atoms with Crippen LogP contribution in [0.25, 0.3) is 0 Å². The second-order valence-electron chi connectivity index (χ2n) is 4.29. The van der Waals surface area contributed by atoms with Gasteiger partial charge in [-0.1, -0.05) is 11.6 Å². The van der Waals surface area contributed by atoms with Crippen LogP contribution in [-0.2, 0) is 4.74 Å². The van der Waals surface area contributed by atoms with Crippen LogP contribution in [0.1, 0.15) is 12.0 Å². The molecule has 0 unspecified atom stereocenters. The van der Waals surface area contributed by atoms with Crippen molar-refractivity contribution in [2.75, 3.05) is 33.4 Å². The van der Waals surface area contributed by atoms with Gasteiger partial charge in [-0.25, -0.2) is 4.79 Å². The van der Waals surface area contributed by atoms with Gasteiger partial charge in [0.25, 0.3) is 0 Å². The van der Waals surface area contributed by atoms with Crippen LogP contribution in [0.4, 0.5) is 4.79 Å². The number of ether oxygens (including phenoxy) is 2. The van der Waals surface area contributed by atoms with Gasteiger partial charge in [0, 0.05) is 25.3 Å². The van der Waals surface area contributed by atoms with Gasteiger partial charge in [-0.15, -0.1) is 0 Å². The van der Waals surface area contributed by atoms with E-state index in [1.54, 1.807) is 19.2 Å². The van der Waals surface area contributed by atoms with E-state index in [0.717, 1.165) is 17.7 Å². The molecule has 5 nitrogen and oxygen atoms in total. The summed E-state index contributed by atoms with van der Waals surface area (Å²) >= 11 is 5.92. The van der Waals surface area contributed by atoms with Crippen LogP contribution in [0.2, 0.25) is 5.02 Å². The first-order chi connectivity index (χ1) is 9.63. The van der Waals surface area contributed by atoms with Crippen molar-refractivity contribution in [3.63, 3.8) is 0 Å². The monoisotopic (exact) mass is 300 g/mol. The quantitative estimate of drug-likeness (QED) is 0.725. The smallest absolute Gasteiger partial charge is 0.314 e. The van der Waals surface area contributed by atoms with Gasteiger partial charge in [0.1, 0.15) is 12.4 Å². The first kappa shape index (κ1) is 16.6. The fourth-order valence-corrected chi connectivity index (χ4v) is 1.64. The number of benzene rings is 1. The lowest BCUT2D eigenvalue weighted by Gasteiger charge is -2.09. The van der Waals surface area contributed by atoms with Gasteiger partial charge in [-0.2, -0.15) is 0 Å². The maximum absolute atomic E-state index is 11.4. The second kappa shape index (κ2) is 9.44. The third-order valence-corrected chi connectivity index (χ3v) is 3.02. The Bertz CT molecular complexity index is 427. The van der Waals surface area contributed by atoms with Crippen molar-refractivity contribution in [1.29, 1.82) is 0 Å². The SMILES string of the molecule is COCCCNC(=O)NCCOc1ccc(Cl)c(C)c1. The van der Waals surface area contributed by atoms with Gasteiger partial charge in [0.05, 0.1) is 6.54 Å². The van der Waals surface area contributed by atoms with Crippen LogP contribution in [0.3, 0.4) is 0 Å². The van der Waals surface area contributed by atoms with Crippen molar-refractivity contribution in [3.05, 3.63) is 28.8 Å². The highest BCUT2D eigenvalue weighted by atomic mass is 35.5. The lowest BCUT2D eigenvalue weighted by Crippen LogP contribution is -2.38. The molecule has 20 heavy (non-hydrogen) atoms. The average molecular weight is 301 g/mol. The lowest BCUT2D eigenvalue weighted by molar-refractivity contribution is 0.193. The number of hydrogen-bond acceptors (Lipinski definition) is 3. The van der Waals surface area contributed by atoms with E-state index in [1.165, 1.54) is 0 Å². The highest BCUT2D eigenvalue weighted by Gasteiger charge is 2.00. The Balaban J connectivity index is 2.12. The molecule has 0 saturated heterocycles. The minimum atomic E-state index is -0.197. The Morgan fingerprint density at radius 3 is 2.70 bits per heavy atom. The molecule has 2 N–H and O–H groups in total. The van der Waals surface area contributed by atoms with Crippen molar-refractivity contribution >= 4 is 17.6 Å². The number of urea groups is 1. The Hall–Kier alpha value is -1.46. The summed E-state index contributed by atoms with van der Waals surface area (Å²) in [6.45, 7) is 4.00. The summed E-state index contributed by atoms with van der Waals surface area (Å²) in [7, 11) is 1.63.